The van der Waals surface area contributed by atoms with E-state index in [1.807, 2.05) is 6.07 Å². The molecule has 0 aliphatic carbocycles. The molecule has 0 saturated heterocycles. The number of aliphatic hydroxyl groups is 1. The molecule has 1 aromatic heterocycles. The number of hydrogen-bond donors (Lipinski definition) is 3. The van der Waals surface area contributed by atoms with Gasteiger partial charge in [-0.05, 0) is 36.1 Å². The van der Waals surface area contributed by atoms with Gasteiger partial charge in [0.15, 0.2) is 0 Å². The lowest BCUT2D eigenvalue weighted by atomic mass is 9.88. The van der Waals surface area contributed by atoms with E-state index in [2.05, 4.69) is 59.0 Å². The number of aliphatic hydroxyl groups excluding tert-OH is 1. The van der Waals surface area contributed by atoms with Crippen molar-refractivity contribution in [1.29, 1.82) is 0 Å². The molecule has 1 aliphatic rings. The van der Waals surface area contributed by atoms with Gasteiger partial charge in [-0.1, -0.05) is 36.4 Å². The Morgan fingerprint density at radius 1 is 1.09 bits per heavy atom. The van der Waals surface area contributed by atoms with Crippen LogP contribution in [-0.2, 0) is 0 Å². The van der Waals surface area contributed by atoms with Gasteiger partial charge in [0.2, 0.25) is 0 Å². The highest BCUT2D eigenvalue weighted by Gasteiger charge is 2.23. The van der Waals surface area contributed by atoms with E-state index in [-0.39, 0.29) is 12.5 Å². The van der Waals surface area contributed by atoms with Gasteiger partial charge >= 0.3 is 0 Å². The molecular weight excluding hydrogens is 284 g/mol. The third-order valence-electron chi connectivity index (χ3n) is 5.08. The van der Waals surface area contributed by atoms with Crippen molar-refractivity contribution in [1.82, 2.24) is 4.98 Å². The zero-order valence-corrected chi connectivity index (χ0v) is 13.1. The second-order valence-corrected chi connectivity index (χ2v) is 6.41. The van der Waals surface area contributed by atoms with Gasteiger partial charge in [0.1, 0.15) is 0 Å². The van der Waals surface area contributed by atoms with Gasteiger partial charge in [-0.25, -0.2) is 0 Å². The Morgan fingerprint density at radius 3 is 2.83 bits per heavy atom. The van der Waals surface area contributed by atoms with Crippen LogP contribution in [0.15, 0.2) is 54.7 Å². The minimum atomic E-state index is 0.193. The maximum absolute atomic E-state index is 9.90. The summed E-state index contributed by atoms with van der Waals surface area (Å²) in [4.78, 5) is 3.32. The van der Waals surface area contributed by atoms with E-state index >= 15 is 0 Å². The van der Waals surface area contributed by atoms with E-state index in [1.165, 1.54) is 22.2 Å². The summed E-state index contributed by atoms with van der Waals surface area (Å²) >= 11 is 0. The molecule has 0 saturated carbocycles. The molecule has 0 spiro atoms. The third kappa shape index (κ3) is 2.62. The smallest absolute Gasteiger partial charge is 0.0500 e. The maximum Gasteiger partial charge on any atom is 0.0500 e. The van der Waals surface area contributed by atoms with Gasteiger partial charge < -0.3 is 15.4 Å². The number of fused-ring (bicyclic) bond motifs is 2. The summed E-state index contributed by atoms with van der Waals surface area (Å²) in [6, 6.07) is 16.9. The predicted molar refractivity (Wildman–Crippen MR) is 95.0 cm³/mol. The van der Waals surface area contributed by atoms with Crippen molar-refractivity contribution < 1.29 is 5.11 Å². The lowest BCUT2D eigenvalue weighted by molar-refractivity contribution is 0.256. The highest BCUT2D eigenvalue weighted by Crippen LogP contribution is 2.37. The molecular formula is C20H22N2O. The van der Waals surface area contributed by atoms with Crippen LogP contribution in [0.1, 0.15) is 35.8 Å². The highest BCUT2D eigenvalue weighted by atomic mass is 16.3. The number of aromatic amines is 1. The predicted octanol–water partition coefficient (Wildman–Crippen LogP) is 4.23. The van der Waals surface area contributed by atoms with E-state index in [4.69, 9.17) is 0 Å². The van der Waals surface area contributed by atoms with Crippen molar-refractivity contribution in [2.75, 3.05) is 18.5 Å². The molecule has 2 unspecified atom stereocenters. The van der Waals surface area contributed by atoms with Crippen LogP contribution in [0.4, 0.5) is 5.69 Å². The fourth-order valence-corrected chi connectivity index (χ4v) is 3.79. The molecule has 3 N–H and O–H groups in total. The number of H-pyrrole nitrogens is 1. The molecule has 2 atom stereocenters. The topological polar surface area (TPSA) is 48.0 Å². The molecule has 0 fully saturated rings. The number of nitrogens with one attached hydrogen (secondary N) is 2. The van der Waals surface area contributed by atoms with E-state index in [0.717, 1.165) is 24.9 Å². The van der Waals surface area contributed by atoms with Crippen LogP contribution < -0.4 is 5.32 Å². The molecule has 3 nitrogen and oxygen atoms in total. The molecule has 4 rings (SSSR count). The van der Waals surface area contributed by atoms with Gasteiger partial charge in [-0.2, -0.15) is 0 Å². The first-order valence-electron chi connectivity index (χ1n) is 8.36. The van der Waals surface area contributed by atoms with Gasteiger partial charge in [0, 0.05) is 41.2 Å². The number of aromatic nitrogens is 1. The van der Waals surface area contributed by atoms with Crippen LogP contribution in [0.3, 0.4) is 0 Å². The molecule has 3 aromatic rings. The fraction of sp³-hybridized carbons (Fsp3) is 0.300. The number of para-hydroxylation sites is 2. The average molecular weight is 306 g/mol. The standard InChI is InChI=1S/C20H22N2O/c23-13-15(18-12-22-20-8-4-2-6-17(18)20)10-9-14-11-21-19-7-3-1-5-16(14)19/h1-8,12,14-15,21-23H,9-11,13H2. The number of hydrogen-bond acceptors (Lipinski definition) is 2. The van der Waals surface area contributed by atoms with Gasteiger partial charge in [-0.15, -0.1) is 0 Å². The van der Waals surface area contributed by atoms with Crippen LogP contribution in [-0.4, -0.2) is 23.2 Å². The summed E-state index contributed by atoms with van der Waals surface area (Å²) in [6.45, 7) is 1.20. The molecule has 0 amide bonds. The molecule has 1 aliphatic heterocycles. The third-order valence-corrected chi connectivity index (χ3v) is 5.08. The van der Waals surface area contributed by atoms with Crippen LogP contribution in [0.25, 0.3) is 10.9 Å². The molecule has 2 aromatic carbocycles. The minimum absolute atomic E-state index is 0.193. The first kappa shape index (κ1) is 14.3. The van der Waals surface area contributed by atoms with E-state index in [9.17, 15) is 5.11 Å². The van der Waals surface area contributed by atoms with Gasteiger partial charge in [0.25, 0.3) is 0 Å². The highest BCUT2D eigenvalue weighted by molar-refractivity contribution is 5.83. The van der Waals surface area contributed by atoms with Crippen molar-refractivity contribution in [3.8, 4) is 0 Å². The van der Waals surface area contributed by atoms with Gasteiger partial charge in [0.05, 0.1) is 6.61 Å². The zero-order valence-electron chi connectivity index (χ0n) is 13.1. The van der Waals surface area contributed by atoms with Crippen LogP contribution in [0.5, 0.6) is 0 Å². The average Bonchev–Trinajstić information content (AvgIpc) is 3.20. The fourth-order valence-electron chi connectivity index (χ4n) is 3.79. The Balaban J connectivity index is 1.51. The Hall–Kier alpha value is -2.26. The first-order valence-corrected chi connectivity index (χ1v) is 8.36. The lowest BCUT2D eigenvalue weighted by Gasteiger charge is -2.17. The quantitative estimate of drug-likeness (QED) is 0.660. The summed E-state index contributed by atoms with van der Waals surface area (Å²) in [5.41, 5.74) is 5.07. The maximum atomic E-state index is 9.90. The van der Waals surface area contributed by atoms with Crippen LogP contribution >= 0.6 is 0 Å². The molecule has 23 heavy (non-hydrogen) atoms. The van der Waals surface area contributed by atoms with Crippen molar-refractivity contribution in [3.63, 3.8) is 0 Å². The monoisotopic (exact) mass is 306 g/mol. The first-order chi connectivity index (χ1) is 11.4. The minimum Gasteiger partial charge on any atom is -0.396 e. The summed E-state index contributed by atoms with van der Waals surface area (Å²) in [6.07, 6.45) is 4.15. The Labute approximate surface area is 136 Å². The Morgan fingerprint density at radius 2 is 1.91 bits per heavy atom. The second-order valence-electron chi connectivity index (χ2n) is 6.41. The van der Waals surface area contributed by atoms with Crippen LogP contribution in [0.2, 0.25) is 0 Å². The SMILES string of the molecule is OCC(CCC1CNc2ccccc21)c1c[nH]c2ccccc12. The van der Waals surface area contributed by atoms with Crippen LogP contribution in [0, 0.1) is 0 Å². The van der Waals surface area contributed by atoms with Crippen molar-refractivity contribution >= 4 is 16.6 Å². The summed E-state index contributed by atoms with van der Waals surface area (Å²) in [5.74, 6) is 0.740. The van der Waals surface area contributed by atoms with E-state index < -0.39 is 0 Å². The molecule has 0 bridgehead atoms. The second kappa shape index (κ2) is 6.09. The number of rotatable bonds is 5. The Kier molecular flexibility index (Phi) is 3.80. The number of benzene rings is 2. The summed E-state index contributed by atoms with van der Waals surface area (Å²) in [7, 11) is 0. The van der Waals surface area contributed by atoms with Crippen molar-refractivity contribution in [2.45, 2.75) is 24.7 Å². The normalized spacial score (nSPS) is 17.9. The zero-order chi connectivity index (χ0) is 15.6. The largest absolute Gasteiger partial charge is 0.396 e. The van der Waals surface area contributed by atoms with Crippen molar-refractivity contribution in [3.05, 3.63) is 65.9 Å². The number of anilines is 1. The van der Waals surface area contributed by atoms with E-state index in [0.29, 0.717) is 5.92 Å². The molecule has 3 heteroatoms. The summed E-state index contributed by atoms with van der Waals surface area (Å²) < 4.78 is 0. The van der Waals surface area contributed by atoms with Crippen molar-refractivity contribution in [2.24, 2.45) is 0 Å². The molecule has 118 valence electrons. The Bertz CT molecular complexity index is 808. The lowest BCUT2D eigenvalue weighted by Crippen LogP contribution is -2.08. The molecule has 2 heterocycles. The summed E-state index contributed by atoms with van der Waals surface area (Å²) in [5, 5.41) is 14.6. The molecule has 0 radical (unpaired) electrons. The van der Waals surface area contributed by atoms with Gasteiger partial charge in [-0.3, -0.25) is 0 Å². The van der Waals surface area contributed by atoms with E-state index in [1.54, 1.807) is 0 Å².